The molecular weight excluding hydrogens is 450 g/mol. The lowest BCUT2D eigenvalue weighted by atomic mass is 10.0. The van der Waals surface area contributed by atoms with Crippen molar-refractivity contribution in [2.45, 2.75) is 43.7 Å². The molecule has 0 aromatic heterocycles. The number of halogens is 1. The van der Waals surface area contributed by atoms with Crippen LogP contribution in [0.4, 0.5) is 0 Å². The Hall–Kier alpha value is -2.42. The summed E-state index contributed by atoms with van der Waals surface area (Å²) in [5.74, 6) is -0.642. The fraction of sp³-hybridized carbons (Fsp3) is 0.391. The highest BCUT2D eigenvalue weighted by atomic mass is 35.5. The average Bonchev–Trinajstić information content (AvgIpc) is 2.82. The molecule has 0 saturated carbocycles. The normalized spacial score (nSPS) is 17.0. The highest BCUT2D eigenvalue weighted by Gasteiger charge is 2.39. The van der Waals surface area contributed by atoms with E-state index >= 15 is 0 Å². The van der Waals surface area contributed by atoms with Crippen molar-refractivity contribution >= 4 is 33.4 Å². The van der Waals surface area contributed by atoms with Gasteiger partial charge in [0.2, 0.25) is 21.8 Å². The molecule has 1 aliphatic rings. The summed E-state index contributed by atoms with van der Waals surface area (Å²) in [6.07, 6.45) is 1.90. The molecule has 172 valence electrons. The Morgan fingerprint density at radius 3 is 2.44 bits per heavy atom. The first-order valence-electron chi connectivity index (χ1n) is 10.7. The molecule has 1 fully saturated rings. The highest BCUT2D eigenvalue weighted by Crippen LogP contribution is 2.26. The summed E-state index contributed by atoms with van der Waals surface area (Å²) in [5, 5.41) is 3.42. The summed E-state index contributed by atoms with van der Waals surface area (Å²) in [6.45, 7) is 2.57. The van der Waals surface area contributed by atoms with E-state index in [4.69, 9.17) is 11.6 Å². The van der Waals surface area contributed by atoms with Gasteiger partial charge in [-0.05, 0) is 49.6 Å². The molecule has 3 rings (SSSR count). The molecule has 2 aromatic carbocycles. The van der Waals surface area contributed by atoms with Crippen molar-refractivity contribution in [2.75, 3.05) is 19.6 Å². The van der Waals surface area contributed by atoms with Crippen LogP contribution in [-0.4, -0.2) is 55.1 Å². The van der Waals surface area contributed by atoms with Gasteiger partial charge in [0.15, 0.2) is 0 Å². The number of carbonyl (C=O) groups is 2. The predicted molar refractivity (Wildman–Crippen MR) is 124 cm³/mol. The van der Waals surface area contributed by atoms with Gasteiger partial charge in [-0.15, -0.1) is 0 Å². The molecule has 7 nitrogen and oxygen atoms in total. The molecule has 2 amide bonds. The van der Waals surface area contributed by atoms with Gasteiger partial charge in [0.05, 0.1) is 11.4 Å². The van der Waals surface area contributed by atoms with Gasteiger partial charge in [-0.1, -0.05) is 48.4 Å². The first-order valence-corrected chi connectivity index (χ1v) is 12.5. The van der Waals surface area contributed by atoms with E-state index in [0.717, 1.165) is 12.0 Å². The van der Waals surface area contributed by atoms with Crippen LogP contribution in [0.1, 0.15) is 31.7 Å². The van der Waals surface area contributed by atoms with Crippen LogP contribution >= 0.6 is 11.6 Å². The zero-order valence-electron chi connectivity index (χ0n) is 18.0. The Kier molecular flexibility index (Phi) is 8.28. The molecule has 32 heavy (non-hydrogen) atoms. The van der Waals surface area contributed by atoms with E-state index in [2.05, 4.69) is 5.32 Å². The zero-order valence-corrected chi connectivity index (χ0v) is 19.6. The number of amides is 2. The van der Waals surface area contributed by atoms with E-state index < -0.39 is 16.1 Å². The monoisotopic (exact) mass is 477 g/mol. The van der Waals surface area contributed by atoms with Gasteiger partial charge in [0.25, 0.3) is 0 Å². The standard InChI is InChI=1S/C23H28ClN3O4S/c1-2-26(17-22(28)25-16-18-11-13-19(24)14-12-18)23(29)21-10-6-7-15-27(21)32(30,31)20-8-4-3-5-9-20/h3-5,8-9,11-14,21H,2,6-7,10,15-17H2,1H3,(H,25,28). The number of nitrogens with one attached hydrogen (secondary N) is 1. The van der Waals surface area contributed by atoms with Crippen molar-refractivity contribution in [1.82, 2.24) is 14.5 Å². The van der Waals surface area contributed by atoms with Crippen LogP contribution < -0.4 is 5.32 Å². The number of nitrogens with zero attached hydrogens (tertiary/aromatic N) is 2. The van der Waals surface area contributed by atoms with E-state index in [1.54, 1.807) is 37.3 Å². The lowest BCUT2D eigenvalue weighted by molar-refractivity contribution is -0.139. The smallest absolute Gasteiger partial charge is 0.243 e. The molecule has 0 bridgehead atoms. The topological polar surface area (TPSA) is 86.8 Å². The van der Waals surface area contributed by atoms with Gasteiger partial charge in [0, 0.05) is 24.7 Å². The van der Waals surface area contributed by atoms with Crippen molar-refractivity contribution in [2.24, 2.45) is 0 Å². The molecule has 0 aliphatic carbocycles. The van der Waals surface area contributed by atoms with Crippen LogP contribution in [0.25, 0.3) is 0 Å². The van der Waals surface area contributed by atoms with E-state index in [1.807, 2.05) is 12.1 Å². The van der Waals surface area contributed by atoms with Gasteiger partial charge in [-0.25, -0.2) is 8.42 Å². The third-order valence-electron chi connectivity index (χ3n) is 5.52. The predicted octanol–water partition coefficient (Wildman–Crippen LogP) is 3.05. The van der Waals surface area contributed by atoms with E-state index in [0.29, 0.717) is 31.0 Å². The number of likely N-dealkylation sites (N-methyl/N-ethyl adjacent to an activating group) is 1. The second-order valence-electron chi connectivity index (χ2n) is 7.70. The lowest BCUT2D eigenvalue weighted by Gasteiger charge is -2.36. The average molecular weight is 478 g/mol. The zero-order chi connectivity index (χ0) is 23.1. The number of benzene rings is 2. The SMILES string of the molecule is CCN(CC(=O)NCc1ccc(Cl)cc1)C(=O)C1CCCCN1S(=O)(=O)c1ccccc1. The number of hydrogen-bond acceptors (Lipinski definition) is 4. The molecule has 0 radical (unpaired) electrons. The fourth-order valence-corrected chi connectivity index (χ4v) is 5.55. The summed E-state index contributed by atoms with van der Waals surface area (Å²) in [7, 11) is -3.80. The second-order valence-corrected chi connectivity index (χ2v) is 10.0. The summed E-state index contributed by atoms with van der Waals surface area (Å²) >= 11 is 5.88. The summed E-state index contributed by atoms with van der Waals surface area (Å²) < 4.78 is 27.7. The van der Waals surface area contributed by atoms with Gasteiger partial charge < -0.3 is 10.2 Å². The fourth-order valence-electron chi connectivity index (χ4n) is 3.76. The van der Waals surface area contributed by atoms with Crippen molar-refractivity contribution in [3.8, 4) is 0 Å². The molecule has 1 atom stereocenters. The van der Waals surface area contributed by atoms with Crippen LogP contribution in [0.15, 0.2) is 59.5 Å². The van der Waals surface area contributed by atoms with Gasteiger partial charge in [0.1, 0.15) is 6.04 Å². The minimum atomic E-state index is -3.80. The molecule has 1 aliphatic heterocycles. The Bertz CT molecular complexity index is 1030. The Morgan fingerprint density at radius 1 is 1.09 bits per heavy atom. The summed E-state index contributed by atoms with van der Waals surface area (Å²) in [4.78, 5) is 27.4. The molecule has 1 saturated heterocycles. The number of carbonyl (C=O) groups excluding carboxylic acids is 2. The number of hydrogen-bond donors (Lipinski definition) is 1. The first kappa shape index (κ1) is 24.2. The molecule has 1 heterocycles. The lowest BCUT2D eigenvalue weighted by Crippen LogP contribution is -2.54. The molecular formula is C23H28ClN3O4S. The Labute approximate surface area is 194 Å². The number of rotatable bonds is 8. The number of piperidine rings is 1. The Morgan fingerprint density at radius 2 is 1.78 bits per heavy atom. The summed E-state index contributed by atoms with van der Waals surface area (Å²) in [5.41, 5.74) is 0.893. The van der Waals surface area contributed by atoms with Crippen molar-refractivity contribution in [3.63, 3.8) is 0 Å². The summed E-state index contributed by atoms with van der Waals surface area (Å²) in [6, 6.07) is 14.5. The van der Waals surface area contributed by atoms with Gasteiger partial charge in [-0.3, -0.25) is 9.59 Å². The number of sulfonamides is 1. The maximum Gasteiger partial charge on any atom is 0.243 e. The van der Waals surface area contributed by atoms with Crippen LogP contribution in [0.2, 0.25) is 5.02 Å². The van der Waals surface area contributed by atoms with Crippen LogP contribution in [0, 0.1) is 0 Å². The van der Waals surface area contributed by atoms with Crippen LogP contribution in [0.3, 0.4) is 0 Å². The van der Waals surface area contributed by atoms with E-state index in [-0.39, 0.29) is 29.8 Å². The van der Waals surface area contributed by atoms with Gasteiger partial charge in [-0.2, -0.15) is 4.31 Å². The Balaban J connectivity index is 1.68. The maximum absolute atomic E-state index is 13.3. The molecule has 9 heteroatoms. The van der Waals surface area contributed by atoms with Gasteiger partial charge >= 0.3 is 0 Å². The highest BCUT2D eigenvalue weighted by molar-refractivity contribution is 7.89. The second kappa shape index (κ2) is 10.9. The third kappa shape index (κ3) is 5.88. The molecule has 1 N–H and O–H groups in total. The van der Waals surface area contributed by atoms with E-state index in [1.165, 1.54) is 21.3 Å². The molecule has 0 spiro atoms. The van der Waals surface area contributed by atoms with Crippen molar-refractivity contribution < 1.29 is 18.0 Å². The van der Waals surface area contributed by atoms with Crippen molar-refractivity contribution in [1.29, 1.82) is 0 Å². The van der Waals surface area contributed by atoms with Crippen LogP contribution in [-0.2, 0) is 26.2 Å². The maximum atomic E-state index is 13.3. The molecule has 2 aromatic rings. The first-order chi connectivity index (χ1) is 15.3. The largest absolute Gasteiger partial charge is 0.350 e. The quantitative estimate of drug-likeness (QED) is 0.633. The minimum Gasteiger partial charge on any atom is -0.350 e. The minimum absolute atomic E-state index is 0.126. The van der Waals surface area contributed by atoms with E-state index in [9.17, 15) is 18.0 Å². The van der Waals surface area contributed by atoms with Crippen molar-refractivity contribution in [3.05, 3.63) is 65.2 Å². The van der Waals surface area contributed by atoms with Crippen LogP contribution in [0.5, 0.6) is 0 Å². The third-order valence-corrected chi connectivity index (χ3v) is 7.69. The molecule has 1 unspecified atom stereocenters.